The Labute approximate surface area is 161 Å². The van der Waals surface area contributed by atoms with Crippen molar-refractivity contribution in [1.29, 1.82) is 0 Å². The zero-order valence-corrected chi connectivity index (χ0v) is 16.4. The van der Waals surface area contributed by atoms with Crippen molar-refractivity contribution in [2.75, 3.05) is 5.32 Å². The molecule has 0 aliphatic rings. The first kappa shape index (κ1) is 18.9. The number of nitrogens with one attached hydrogen (secondary N) is 1. The van der Waals surface area contributed by atoms with E-state index in [1.54, 1.807) is 4.68 Å². The number of hydrogen-bond acceptors (Lipinski definition) is 2. The number of carbonyl (C=O) groups excluding carboxylic acids is 1. The molecule has 0 spiro atoms. The first-order valence-corrected chi connectivity index (χ1v) is 9.46. The summed E-state index contributed by atoms with van der Waals surface area (Å²) < 4.78 is 1.77. The Morgan fingerprint density at radius 3 is 2.33 bits per heavy atom. The Hall–Kier alpha value is -2.88. The molecule has 1 unspecified atom stereocenters. The highest BCUT2D eigenvalue weighted by Gasteiger charge is 2.18. The minimum atomic E-state index is -0.238. The first-order chi connectivity index (χ1) is 12.9. The minimum Gasteiger partial charge on any atom is -0.310 e. The molecule has 0 saturated carbocycles. The van der Waals surface area contributed by atoms with Gasteiger partial charge < -0.3 is 5.32 Å². The third-order valence-corrected chi connectivity index (χ3v) is 4.60. The van der Waals surface area contributed by atoms with Crippen molar-refractivity contribution in [3.05, 3.63) is 77.5 Å². The summed E-state index contributed by atoms with van der Waals surface area (Å²) in [6, 6.07) is 20.1. The lowest BCUT2D eigenvalue weighted by atomic mass is 9.96. The minimum absolute atomic E-state index is 0.0382. The highest BCUT2D eigenvalue weighted by Crippen LogP contribution is 2.22. The number of aromatic nitrogens is 2. The molecule has 0 aliphatic carbocycles. The summed E-state index contributed by atoms with van der Waals surface area (Å²) in [4.78, 5) is 12.8. The summed E-state index contributed by atoms with van der Waals surface area (Å²) >= 11 is 0. The van der Waals surface area contributed by atoms with Crippen LogP contribution in [0.5, 0.6) is 0 Å². The van der Waals surface area contributed by atoms with E-state index < -0.39 is 0 Å². The van der Waals surface area contributed by atoms with Crippen LogP contribution in [0.4, 0.5) is 5.82 Å². The molecule has 140 valence electrons. The van der Waals surface area contributed by atoms with Crippen LogP contribution >= 0.6 is 0 Å². The predicted molar refractivity (Wildman–Crippen MR) is 110 cm³/mol. The van der Waals surface area contributed by atoms with Crippen LogP contribution in [-0.2, 0) is 11.2 Å². The highest BCUT2D eigenvalue weighted by atomic mass is 16.2. The lowest BCUT2D eigenvalue weighted by Crippen LogP contribution is -2.20. The van der Waals surface area contributed by atoms with Gasteiger partial charge in [0.15, 0.2) is 0 Å². The standard InChI is InChI=1S/C23H27N3O/c1-16(2)14-19-10-12-20(13-11-19)18(4)23(27)24-22-15-17(3)25-26(22)21-8-6-5-7-9-21/h5-13,15-16,18H,14H2,1-4H3,(H,24,27). The Bertz CT molecular complexity index is 895. The van der Waals surface area contributed by atoms with Crippen LogP contribution in [0.2, 0.25) is 0 Å². The first-order valence-electron chi connectivity index (χ1n) is 9.46. The van der Waals surface area contributed by atoms with Gasteiger partial charge in [-0.3, -0.25) is 4.79 Å². The van der Waals surface area contributed by atoms with Crippen LogP contribution in [0.15, 0.2) is 60.7 Å². The SMILES string of the molecule is Cc1cc(NC(=O)C(C)c2ccc(CC(C)C)cc2)n(-c2ccccc2)n1. The zero-order valence-electron chi connectivity index (χ0n) is 16.4. The molecule has 1 amide bonds. The molecule has 0 radical (unpaired) electrons. The maximum absolute atomic E-state index is 12.8. The lowest BCUT2D eigenvalue weighted by molar-refractivity contribution is -0.117. The molecule has 0 aliphatic heterocycles. The lowest BCUT2D eigenvalue weighted by Gasteiger charge is -2.14. The molecule has 4 nitrogen and oxygen atoms in total. The summed E-state index contributed by atoms with van der Waals surface area (Å²) in [6.07, 6.45) is 1.05. The summed E-state index contributed by atoms with van der Waals surface area (Å²) in [5.41, 5.74) is 4.10. The molecule has 2 aromatic carbocycles. The van der Waals surface area contributed by atoms with Gasteiger partial charge in [0.25, 0.3) is 0 Å². The van der Waals surface area contributed by atoms with Crippen molar-refractivity contribution >= 4 is 11.7 Å². The second kappa shape index (κ2) is 8.21. The average Bonchev–Trinajstić information content (AvgIpc) is 3.02. The van der Waals surface area contributed by atoms with Gasteiger partial charge in [0, 0.05) is 6.07 Å². The maximum atomic E-state index is 12.8. The molecule has 27 heavy (non-hydrogen) atoms. The normalized spacial score (nSPS) is 12.2. The van der Waals surface area contributed by atoms with E-state index in [-0.39, 0.29) is 11.8 Å². The molecule has 1 aromatic heterocycles. The molecule has 4 heteroatoms. The van der Waals surface area contributed by atoms with Gasteiger partial charge >= 0.3 is 0 Å². The molecule has 0 saturated heterocycles. The van der Waals surface area contributed by atoms with Gasteiger partial charge in [0.05, 0.1) is 17.3 Å². The highest BCUT2D eigenvalue weighted by molar-refractivity contribution is 5.95. The molecule has 1 atom stereocenters. The molecule has 0 bridgehead atoms. The van der Waals surface area contributed by atoms with Crippen LogP contribution in [0, 0.1) is 12.8 Å². The third-order valence-electron chi connectivity index (χ3n) is 4.60. The predicted octanol–water partition coefficient (Wildman–Crippen LogP) is 5.12. The Morgan fingerprint density at radius 2 is 1.70 bits per heavy atom. The smallest absolute Gasteiger partial charge is 0.232 e. The van der Waals surface area contributed by atoms with E-state index >= 15 is 0 Å². The third kappa shape index (κ3) is 4.64. The van der Waals surface area contributed by atoms with E-state index in [1.165, 1.54) is 5.56 Å². The number of para-hydroxylation sites is 1. The molecule has 1 heterocycles. The van der Waals surface area contributed by atoms with Crippen molar-refractivity contribution in [3.63, 3.8) is 0 Å². The number of amides is 1. The monoisotopic (exact) mass is 361 g/mol. The summed E-state index contributed by atoms with van der Waals surface area (Å²) in [6.45, 7) is 8.28. The van der Waals surface area contributed by atoms with Gasteiger partial charge in [0.2, 0.25) is 5.91 Å². The summed E-state index contributed by atoms with van der Waals surface area (Å²) in [5, 5.41) is 7.54. The maximum Gasteiger partial charge on any atom is 0.232 e. The second-order valence-corrected chi connectivity index (χ2v) is 7.47. The van der Waals surface area contributed by atoms with Gasteiger partial charge in [-0.25, -0.2) is 4.68 Å². The number of aryl methyl sites for hydroxylation is 1. The van der Waals surface area contributed by atoms with Crippen molar-refractivity contribution in [3.8, 4) is 5.69 Å². The van der Waals surface area contributed by atoms with E-state index in [0.717, 1.165) is 23.4 Å². The van der Waals surface area contributed by atoms with Gasteiger partial charge in [-0.15, -0.1) is 0 Å². The Balaban J connectivity index is 1.76. The van der Waals surface area contributed by atoms with Gasteiger partial charge in [0.1, 0.15) is 5.82 Å². The van der Waals surface area contributed by atoms with Gasteiger partial charge in [-0.05, 0) is 49.4 Å². The van der Waals surface area contributed by atoms with E-state index in [9.17, 15) is 4.79 Å². The van der Waals surface area contributed by atoms with Crippen LogP contribution in [0.25, 0.3) is 5.69 Å². The fourth-order valence-corrected chi connectivity index (χ4v) is 3.15. The van der Waals surface area contributed by atoms with E-state index in [1.807, 2.05) is 50.2 Å². The van der Waals surface area contributed by atoms with E-state index in [2.05, 4.69) is 48.5 Å². The second-order valence-electron chi connectivity index (χ2n) is 7.47. The van der Waals surface area contributed by atoms with Crippen LogP contribution < -0.4 is 5.32 Å². The van der Waals surface area contributed by atoms with Crippen molar-refractivity contribution in [2.45, 2.75) is 40.0 Å². The number of rotatable bonds is 6. The Kier molecular flexibility index (Phi) is 5.75. The van der Waals surface area contributed by atoms with Gasteiger partial charge in [-0.2, -0.15) is 5.10 Å². The fraction of sp³-hybridized carbons (Fsp3) is 0.304. The molecule has 1 N–H and O–H groups in total. The van der Waals surface area contributed by atoms with Crippen LogP contribution in [-0.4, -0.2) is 15.7 Å². The molecule has 0 fully saturated rings. The van der Waals surface area contributed by atoms with Crippen LogP contribution in [0.3, 0.4) is 0 Å². The molecule has 3 aromatic rings. The number of nitrogens with zero attached hydrogens (tertiary/aromatic N) is 2. The van der Waals surface area contributed by atoms with Gasteiger partial charge in [-0.1, -0.05) is 56.3 Å². The summed E-state index contributed by atoms with van der Waals surface area (Å²) in [7, 11) is 0. The number of benzene rings is 2. The Morgan fingerprint density at radius 1 is 1.04 bits per heavy atom. The van der Waals surface area contributed by atoms with Crippen molar-refractivity contribution in [2.24, 2.45) is 5.92 Å². The largest absolute Gasteiger partial charge is 0.310 e. The fourth-order valence-electron chi connectivity index (χ4n) is 3.15. The van der Waals surface area contributed by atoms with Crippen molar-refractivity contribution in [1.82, 2.24) is 9.78 Å². The van der Waals surface area contributed by atoms with E-state index in [0.29, 0.717) is 11.7 Å². The number of carbonyl (C=O) groups is 1. The number of anilines is 1. The topological polar surface area (TPSA) is 46.9 Å². The average molecular weight is 361 g/mol. The van der Waals surface area contributed by atoms with E-state index in [4.69, 9.17) is 0 Å². The molecular weight excluding hydrogens is 334 g/mol. The van der Waals surface area contributed by atoms with Crippen LogP contribution in [0.1, 0.15) is 43.5 Å². The molecular formula is C23H27N3O. The summed E-state index contributed by atoms with van der Waals surface area (Å²) in [5.74, 6) is 1.03. The molecule has 3 rings (SSSR count). The zero-order chi connectivity index (χ0) is 19.4. The van der Waals surface area contributed by atoms with Crippen molar-refractivity contribution < 1.29 is 4.79 Å². The quantitative estimate of drug-likeness (QED) is 0.662. The number of hydrogen-bond donors (Lipinski definition) is 1.